The quantitative estimate of drug-likeness (QED) is 0.627. The van der Waals surface area contributed by atoms with E-state index in [-0.39, 0.29) is 5.69 Å². The molecule has 0 N–H and O–H groups in total. The minimum atomic E-state index is -1.10. The van der Waals surface area contributed by atoms with Crippen molar-refractivity contribution in [3.8, 4) is 6.07 Å². The Morgan fingerprint density at radius 3 is 2.85 bits per heavy atom. The lowest BCUT2D eigenvalue weighted by atomic mass is 10.3. The number of hydrogen-bond donors (Lipinski definition) is 0. The van der Waals surface area contributed by atoms with E-state index in [1.807, 2.05) is 0 Å². The number of nitriles is 1. The molecule has 2 aromatic rings. The fourth-order valence-electron chi connectivity index (χ4n) is 1.82. The van der Waals surface area contributed by atoms with E-state index in [0.717, 1.165) is 6.04 Å². The molecule has 0 aliphatic heterocycles. The molecule has 0 aliphatic carbocycles. The Bertz CT molecular complexity index is 655. The van der Waals surface area contributed by atoms with Gasteiger partial charge in [0.2, 0.25) is 0 Å². The monoisotopic (exact) mass is 291 g/mol. The van der Waals surface area contributed by atoms with Gasteiger partial charge in [-0.05, 0) is 12.1 Å². The highest BCUT2D eigenvalue weighted by molar-refractivity contribution is 6.76. The molecule has 20 heavy (non-hydrogen) atoms. The van der Waals surface area contributed by atoms with Crippen molar-refractivity contribution >= 4 is 19.1 Å². The lowest BCUT2D eigenvalue weighted by molar-refractivity contribution is 0.0902. The van der Waals surface area contributed by atoms with Crippen molar-refractivity contribution in [1.29, 1.82) is 5.26 Å². The standard InChI is InChI=1S/C14H18FN3OSi/c1-20(2,3)7-6-19-10-18-5-4-12-14(18)8-11(15)13(9-16)17-12/h4-5,8H,6-7,10H2,1-3H3. The molecular formula is C14H18FN3OSi. The molecular weight excluding hydrogens is 273 g/mol. The lowest BCUT2D eigenvalue weighted by Crippen LogP contribution is -2.21. The number of hydrogen-bond acceptors (Lipinski definition) is 3. The van der Waals surface area contributed by atoms with Crippen LogP contribution in [0.15, 0.2) is 18.3 Å². The second kappa shape index (κ2) is 5.73. The Morgan fingerprint density at radius 2 is 2.20 bits per heavy atom. The minimum absolute atomic E-state index is 0.171. The molecule has 2 aromatic heterocycles. The van der Waals surface area contributed by atoms with Crippen LogP contribution in [0.25, 0.3) is 11.0 Å². The summed E-state index contributed by atoms with van der Waals surface area (Å²) < 4.78 is 21.0. The van der Waals surface area contributed by atoms with Crippen molar-refractivity contribution in [3.05, 3.63) is 29.8 Å². The molecule has 0 unspecified atom stereocenters. The Morgan fingerprint density at radius 1 is 1.45 bits per heavy atom. The van der Waals surface area contributed by atoms with Gasteiger partial charge in [-0.25, -0.2) is 9.37 Å². The zero-order valence-corrected chi connectivity index (χ0v) is 13.0. The van der Waals surface area contributed by atoms with Crippen LogP contribution in [0.2, 0.25) is 25.7 Å². The Balaban J connectivity index is 2.08. The van der Waals surface area contributed by atoms with Gasteiger partial charge >= 0.3 is 0 Å². The van der Waals surface area contributed by atoms with Crippen LogP contribution in [-0.2, 0) is 11.5 Å². The second-order valence-electron chi connectivity index (χ2n) is 5.97. The van der Waals surface area contributed by atoms with Gasteiger partial charge in [0.1, 0.15) is 12.8 Å². The van der Waals surface area contributed by atoms with Crippen molar-refractivity contribution in [3.63, 3.8) is 0 Å². The zero-order chi connectivity index (χ0) is 14.8. The molecule has 0 amide bonds. The zero-order valence-electron chi connectivity index (χ0n) is 12.0. The van der Waals surface area contributed by atoms with Crippen LogP contribution in [0.3, 0.4) is 0 Å². The Kier molecular flexibility index (Phi) is 4.21. The van der Waals surface area contributed by atoms with Gasteiger partial charge in [-0.3, -0.25) is 0 Å². The number of aromatic nitrogens is 2. The maximum atomic E-state index is 13.6. The number of halogens is 1. The first-order valence-electron chi connectivity index (χ1n) is 6.54. The van der Waals surface area contributed by atoms with Crippen LogP contribution in [0.1, 0.15) is 5.69 Å². The van der Waals surface area contributed by atoms with E-state index in [1.54, 1.807) is 22.9 Å². The van der Waals surface area contributed by atoms with Crippen LogP contribution >= 0.6 is 0 Å². The average molecular weight is 291 g/mol. The van der Waals surface area contributed by atoms with Crippen LogP contribution < -0.4 is 0 Å². The van der Waals surface area contributed by atoms with E-state index in [9.17, 15) is 4.39 Å². The highest BCUT2D eigenvalue weighted by Crippen LogP contribution is 2.17. The van der Waals surface area contributed by atoms with Gasteiger partial charge in [0.25, 0.3) is 0 Å². The third-order valence-electron chi connectivity index (χ3n) is 3.04. The third-order valence-corrected chi connectivity index (χ3v) is 4.74. The first kappa shape index (κ1) is 14.7. The van der Waals surface area contributed by atoms with E-state index in [1.165, 1.54) is 6.07 Å². The van der Waals surface area contributed by atoms with E-state index >= 15 is 0 Å². The van der Waals surface area contributed by atoms with Crippen LogP contribution in [0.4, 0.5) is 4.39 Å². The third kappa shape index (κ3) is 3.44. The number of rotatable bonds is 5. The van der Waals surface area contributed by atoms with E-state index in [2.05, 4.69) is 24.6 Å². The van der Waals surface area contributed by atoms with Gasteiger partial charge in [-0.1, -0.05) is 19.6 Å². The first-order valence-corrected chi connectivity index (χ1v) is 10.2. The molecule has 0 aliphatic rings. The molecule has 4 nitrogen and oxygen atoms in total. The summed E-state index contributed by atoms with van der Waals surface area (Å²) in [6.45, 7) is 7.97. The van der Waals surface area contributed by atoms with Gasteiger partial charge in [0.15, 0.2) is 11.5 Å². The number of fused-ring (bicyclic) bond motifs is 1. The summed E-state index contributed by atoms with van der Waals surface area (Å²) in [7, 11) is -1.10. The van der Waals surface area contributed by atoms with Crippen LogP contribution in [0, 0.1) is 17.1 Å². The fraction of sp³-hybridized carbons (Fsp3) is 0.429. The van der Waals surface area contributed by atoms with Crippen molar-refractivity contribution in [2.45, 2.75) is 32.4 Å². The minimum Gasteiger partial charge on any atom is -0.361 e. The van der Waals surface area contributed by atoms with Crippen molar-refractivity contribution < 1.29 is 9.13 Å². The van der Waals surface area contributed by atoms with Gasteiger partial charge in [-0.15, -0.1) is 0 Å². The van der Waals surface area contributed by atoms with Gasteiger partial charge < -0.3 is 9.30 Å². The molecule has 0 radical (unpaired) electrons. The molecule has 0 saturated heterocycles. The molecule has 6 heteroatoms. The smallest absolute Gasteiger partial charge is 0.177 e. The van der Waals surface area contributed by atoms with Gasteiger partial charge in [-0.2, -0.15) is 5.26 Å². The molecule has 0 bridgehead atoms. The number of nitrogens with zero attached hydrogens (tertiary/aromatic N) is 3. The van der Waals surface area contributed by atoms with Crippen LogP contribution in [0.5, 0.6) is 0 Å². The second-order valence-corrected chi connectivity index (χ2v) is 11.6. The Hall–Kier alpha value is -1.71. The van der Waals surface area contributed by atoms with E-state index < -0.39 is 13.9 Å². The fourth-order valence-corrected chi connectivity index (χ4v) is 2.58. The predicted molar refractivity (Wildman–Crippen MR) is 78.5 cm³/mol. The molecule has 0 aromatic carbocycles. The number of pyridine rings is 1. The lowest BCUT2D eigenvalue weighted by Gasteiger charge is -2.15. The molecule has 0 saturated carbocycles. The summed E-state index contributed by atoms with van der Waals surface area (Å²) in [4.78, 5) is 3.98. The molecule has 0 fully saturated rings. The highest BCUT2D eigenvalue weighted by atomic mass is 28.3. The average Bonchev–Trinajstić information content (AvgIpc) is 2.75. The summed E-state index contributed by atoms with van der Waals surface area (Å²) in [6.07, 6.45) is 1.80. The van der Waals surface area contributed by atoms with E-state index in [4.69, 9.17) is 10.00 Å². The van der Waals surface area contributed by atoms with Crippen LogP contribution in [-0.4, -0.2) is 24.2 Å². The summed E-state index contributed by atoms with van der Waals surface area (Å²) in [5, 5.41) is 8.75. The largest absolute Gasteiger partial charge is 0.361 e. The summed E-state index contributed by atoms with van der Waals surface area (Å²) in [6, 6.07) is 5.94. The SMILES string of the molecule is C[Si](C)(C)CCOCn1ccc2nc(C#N)c(F)cc21. The Labute approximate surface area is 118 Å². The summed E-state index contributed by atoms with van der Waals surface area (Å²) >= 11 is 0. The highest BCUT2D eigenvalue weighted by Gasteiger charge is 2.13. The van der Waals surface area contributed by atoms with Gasteiger partial charge in [0.05, 0.1) is 11.0 Å². The summed E-state index contributed by atoms with van der Waals surface area (Å²) in [5.74, 6) is -0.595. The molecule has 2 heterocycles. The van der Waals surface area contributed by atoms with Crippen molar-refractivity contribution in [2.24, 2.45) is 0 Å². The maximum absolute atomic E-state index is 13.6. The predicted octanol–water partition coefficient (Wildman–Crippen LogP) is 3.36. The molecule has 106 valence electrons. The topological polar surface area (TPSA) is 50.8 Å². The van der Waals surface area contributed by atoms with Crippen molar-refractivity contribution in [1.82, 2.24) is 9.55 Å². The van der Waals surface area contributed by atoms with Gasteiger partial charge in [0, 0.05) is 26.9 Å². The first-order chi connectivity index (χ1) is 9.40. The maximum Gasteiger partial charge on any atom is 0.177 e. The number of ether oxygens (including phenoxy) is 1. The molecule has 0 spiro atoms. The molecule has 2 rings (SSSR count). The summed E-state index contributed by atoms with van der Waals surface area (Å²) in [5.41, 5.74) is 1.08. The molecule has 0 atom stereocenters. The van der Waals surface area contributed by atoms with E-state index in [0.29, 0.717) is 24.4 Å². The normalized spacial score (nSPS) is 11.8. The van der Waals surface area contributed by atoms with Crippen molar-refractivity contribution in [2.75, 3.05) is 6.61 Å².